The first-order valence-electron chi connectivity index (χ1n) is 8.27. The Morgan fingerprint density at radius 1 is 1.14 bits per heavy atom. The van der Waals surface area contributed by atoms with Crippen LogP contribution in [0.1, 0.15) is 46.5 Å². The molecule has 0 spiro atoms. The molecule has 0 saturated heterocycles. The maximum atomic E-state index is 11.8. The Morgan fingerprint density at radius 3 is 2.27 bits per heavy atom. The first-order chi connectivity index (χ1) is 10.4. The lowest BCUT2D eigenvalue weighted by Gasteiger charge is -2.21. The average molecular weight is 302 g/mol. The van der Waals surface area contributed by atoms with Crippen molar-refractivity contribution in [2.45, 2.75) is 58.1 Å². The molecule has 1 amide bonds. The van der Waals surface area contributed by atoms with E-state index in [9.17, 15) is 4.79 Å². The van der Waals surface area contributed by atoms with E-state index in [1.54, 1.807) is 0 Å². The van der Waals surface area contributed by atoms with E-state index in [1.165, 1.54) is 25.7 Å². The van der Waals surface area contributed by atoms with E-state index in [-0.39, 0.29) is 0 Å². The van der Waals surface area contributed by atoms with Crippen molar-refractivity contribution in [2.24, 2.45) is 11.8 Å². The lowest BCUT2D eigenvalue weighted by molar-refractivity contribution is 0.0636. The summed E-state index contributed by atoms with van der Waals surface area (Å²) in [6.45, 7) is 5.58. The van der Waals surface area contributed by atoms with E-state index in [2.05, 4.69) is 16.7 Å². The van der Waals surface area contributed by atoms with Gasteiger partial charge in [0, 0.05) is 17.4 Å². The Hall–Kier alpha value is -1.71. The number of hydrogen-bond donors (Lipinski definition) is 2. The van der Waals surface area contributed by atoms with Crippen LogP contribution < -0.4 is 10.6 Å². The number of amides is 1. The van der Waals surface area contributed by atoms with Crippen LogP contribution in [0.15, 0.2) is 24.3 Å². The standard InChI is InChI=1S/C18H26N2O2/c1-18(2,3)22-17(21)20-15-6-4-5-14(11-15)19-16(12-7-8-12)13-9-10-13/h4-6,11-13,16,19H,7-10H2,1-3H3,(H,20,21). The van der Waals surface area contributed by atoms with E-state index in [4.69, 9.17) is 4.74 Å². The SMILES string of the molecule is CC(C)(C)OC(=O)Nc1cccc(NC(C2CC2)C2CC2)c1. The topological polar surface area (TPSA) is 50.4 Å². The Bertz CT molecular complexity index is 530. The second-order valence-corrected chi connectivity index (χ2v) is 7.55. The molecule has 2 saturated carbocycles. The summed E-state index contributed by atoms with van der Waals surface area (Å²) >= 11 is 0. The van der Waals surface area contributed by atoms with Gasteiger partial charge in [-0.3, -0.25) is 5.32 Å². The highest BCUT2D eigenvalue weighted by Gasteiger charge is 2.41. The summed E-state index contributed by atoms with van der Waals surface area (Å²) in [5, 5.41) is 6.47. The maximum absolute atomic E-state index is 11.8. The summed E-state index contributed by atoms with van der Waals surface area (Å²) < 4.78 is 5.29. The lowest BCUT2D eigenvalue weighted by Crippen LogP contribution is -2.27. The van der Waals surface area contributed by atoms with Crippen molar-refractivity contribution < 1.29 is 9.53 Å². The molecule has 0 radical (unpaired) electrons. The molecule has 0 bridgehead atoms. The number of ether oxygens (including phenoxy) is 1. The third kappa shape index (κ3) is 4.39. The van der Waals surface area contributed by atoms with Crippen LogP contribution in [0.25, 0.3) is 0 Å². The number of rotatable bonds is 5. The quantitative estimate of drug-likeness (QED) is 0.833. The summed E-state index contributed by atoms with van der Waals surface area (Å²) in [6.07, 6.45) is 4.99. The van der Waals surface area contributed by atoms with Crippen molar-refractivity contribution in [3.63, 3.8) is 0 Å². The Balaban J connectivity index is 1.60. The van der Waals surface area contributed by atoms with Gasteiger partial charge in [0.15, 0.2) is 0 Å². The van der Waals surface area contributed by atoms with E-state index in [1.807, 2.05) is 39.0 Å². The maximum Gasteiger partial charge on any atom is 0.412 e. The Morgan fingerprint density at radius 2 is 1.73 bits per heavy atom. The van der Waals surface area contributed by atoms with Gasteiger partial charge in [0.05, 0.1) is 0 Å². The second-order valence-electron chi connectivity index (χ2n) is 7.55. The number of hydrogen-bond acceptors (Lipinski definition) is 3. The zero-order chi connectivity index (χ0) is 15.7. The second kappa shape index (κ2) is 5.82. The zero-order valence-electron chi connectivity index (χ0n) is 13.7. The molecule has 22 heavy (non-hydrogen) atoms. The van der Waals surface area contributed by atoms with Crippen LogP contribution in [0.3, 0.4) is 0 Å². The molecule has 0 heterocycles. The van der Waals surface area contributed by atoms with Crippen LogP contribution >= 0.6 is 0 Å². The van der Waals surface area contributed by atoms with Gasteiger partial charge in [-0.2, -0.15) is 0 Å². The monoisotopic (exact) mass is 302 g/mol. The van der Waals surface area contributed by atoms with Crippen LogP contribution in [0.2, 0.25) is 0 Å². The molecule has 1 aromatic carbocycles. The van der Waals surface area contributed by atoms with Crippen LogP contribution in [-0.2, 0) is 4.74 Å². The van der Waals surface area contributed by atoms with Gasteiger partial charge in [0.2, 0.25) is 0 Å². The van der Waals surface area contributed by atoms with E-state index < -0.39 is 11.7 Å². The van der Waals surface area contributed by atoms with Crippen molar-refractivity contribution in [2.75, 3.05) is 10.6 Å². The van der Waals surface area contributed by atoms with Crippen LogP contribution in [0.4, 0.5) is 16.2 Å². The van der Waals surface area contributed by atoms with E-state index in [0.29, 0.717) is 6.04 Å². The summed E-state index contributed by atoms with van der Waals surface area (Å²) in [4.78, 5) is 11.8. The van der Waals surface area contributed by atoms with E-state index in [0.717, 1.165) is 23.2 Å². The molecule has 0 atom stereocenters. The molecule has 2 aliphatic rings. The molecule has 0 unspecified atom stereocenters. The molecular formula is C18H26N2O2. The molecule has 4 heteroatoms. The van der Waals surface area contributed by atoms with Gasteiger partial charge in [-0.15, -0.1) is 0 Å². The fourth-order valence-corrected chi connectivity index (χ4v) is 2.83. The molecular weight excluding hydrogens is 276 g/mol. The van der Waals surface area contributed by atoms with Gasteiger partial charge in [0.25, 0.3) is 0 Å². The lowest BCUT2D eigenvalue weighted by atomic mass is 10.1. The minimum Gasteiger partial charge on any atom is -0.444 e. The average Bonchev–Trinajstić information content (AvgIpc) is 3.26. The minimum atomic E-state index is -0.483. The molecule has 1 aromatic rings. The summed E-state index contributed by atoms with van der Waals surface area (Å²) in [6, 6.07) is 8.51. The smallest absolute Gasteiger partial charge is 0.412 e. The Labute approximate surface area is 132 Å². The molecule has 3 rings (SSSR count). The largest absolute Gasteiger partial charge is 0.444 e. The molecule has 0 aliphatic heterocycles. The molecule has 120 valence electrons. The predicted molar refractivity (Wildman–Crippen MR) is 89.2 cm³/mol. The van der Waals surface area contributed by atoms with Crippen molar-refractivity contribution >= 4 is 17.5 Å². The van der Waals surface area contributed by atoms with E-state index >= 15 is 0 Å². The molecule has 4 nitrogen and oxygen atoms in total. The van der Waals surface area contributed by atoms with Crippen LogP contribution in [0, 0.1) is 11.8 Å². The highest BCUT2D eigenvalue weighted by atomic mass is 16.6. The number of benzene rings is 1. The number of carbonyl (C=O) groups excluding carboxylic acids is 1. The number of carbonyl (C=O) groups is 1. The van der Waals surface area contributed by atoms with Crippen molar-refractivity contribution in [3.8, 4) is 0 Å². The fourth-order valence-electron chi connectivity index (χ4n) is 2.83. The molecule has 2 aliphatic carbocycles. The first-order valence-corrected chi connectivity index (χ1v) is 8.27. The summed E-state index contributed by atoms with van der Waals surface area (Å²) in [5.74, 6) is 1.69. The van der Waals surface area contributed by atoms with Gasteiger partial charge in [-0.05, 0) is 76.5 Å². The molecule has 2 fully saturated rings. The molecule has 0 aromatic heterocycles. The molecule has 2 N–H and O–H groups in total. The fraction of sp³-hybridized carbons (Fsp3) is 0.611. The number of anilines is 2. The van der Waals surface area contributed by atoms with Gasteiger partial charge in [-0.25, -0.2) is 4.79 Å². The first kappa shape index (κ1) is 15.2. The summed E-state index contributed by atoms with van der Waals surface area (Å²) in [7, 11) is 0. The third-order valence-electron chi connectivity index (χ3n) is 4.10. The Kier molecular flexibility index (Phi) is 4.02. The van der Waals surface area contributed by atoms with Gasteiger partial charge in [-0.1, -0.05) is 6.07 Å². The van der Waals surface area contributed by atoms with Crippen molar-refractivity contribution in [1.82, 2.24) is 0 Å². The van der Waals surface area contributed by atoms with Gasteiger partial charge >= 0.3 is 6.09 Å². The van der Waals surface area contributed by atoms with Crippen molar-refractivity contribution in [1.29, 1.82) is 0 Å². The highest BCUT2D eigenvalue weighted by Crippen LogP contribution is 2.45. The zero-order valence-corrected chi connectivity index (χ0v) is 13.7. The van der Waals surface area contributed by atoms with Crippen molar-refractivity contribution in [3.05, 3.63) is 24.3 Å². The minimum absolute atomic E-state index is 0.411. The van der Waals surface area contributed by atoms with Gasteiger partial charge in [0.1, 0.15) is 5.60 Å². The number of nitrogens with one attached hydrogen (secondary N) is 2. The van der Waals surface area contributed by atoms with Crippen LogP contribution in [0.5, 0.6) is 0 Å². The van der Waals surface area contributed by atoms with Crippen LogP contribution in [-0.4, -0.2) is 17.7 Å². The summed E-state index contributed by atoms with van der Waals surface area (Å²) in [5.41, 5.74) is 1.37. The predicted octanol–water partition coefficient (Wildman–Crippen LogP) is 4.63. The highest BCUT2D eigenvalue weighted by molar-refractivity contribution is 5.85. The third-order valence-corrected chi connectivity index (χ3v) is 4.10. The normalized spacial score (nSPS) is 18.2. The van der Waals surface area contributed by atoms with Gasteiger partial charge < -0.3 is 10.1 Å².